The lowest BCUT2D eigenvalue weighted by atomic mass is 9.87. The van der Waals surface area contributed by atoms with Gasteiger partial charge < -0.3 is 10.2 Å². The van der Waals surface area contributed by atoms with Gasteiger partial charge in [0.25, 0.3) is 5.91 Å². The zero-order valence-corrected chi connectivity index (χ0v) is 13.1. The lowest BCUT2D eigenvalue weighted by Crippen LogP contribution is -2.35. The number of benzene rings is 1. The van der Waals surface area contributed by atoms with Gasteiger partial charge in [0.05, 0.1) is 24.0 Å². The van der Waals surface area contributed by atoms with Gasteiger partial charge in [0, 0.05) is 25.6 Å². The van der Waals surface area contributed by atoms with E-state index in [9.17, 15) is 4.79 Å². The van der Waals surface area contributed by atoms with Crippen LogP contribution in [0.5, 0.6) is 0 Å². The summed E-state index contributed by atoms with van der Waals surface area (Å²) in [6.45, 7) is 4.90. The van der Waals surface area contributed by atoms with E-state index in [0.29, 0.717) is 17.4 Å². The zero-order valence-electron chi connectivity index (χ0n) is 13.1. The van der Waals surface area contributed by atoms with E-state index in [1.165, 1.54) is 11.1 Å². The SMILES string of the molecule is Cc1ccccc1[C@@H]1[C@H]2CNC[C@H]2CN1C(=O)c1ccnnc1. The molecule has 0 aliphatic carbocycles. The number of nitrogens with one attached hydrogen (secondary N) is 1. The van der Waals surface area contributed by atoms with Crippen LogP contribution in [0.15, 0.2) is 42.7 Å². The first kappa shape index (κ1) is 14.3. The van der Waals surface area contributed by atoms with Crippen molar-refractivity contribution in [3.05, 3.63) is 59.4 Å². The minimum Gasteiger partial charge on any atom is -0.331 e. The van der Waals surface area contributed by atoms with Gasteiger partial charge in [-0.1, -0.05) is 24.3 Å². The molecule has 118 valence electrons. The number of nitrogens with zero attached hydrogens (tertiary/aromatic N) is 3. The van der Waals surface area contributed by atoms with E-state index < -0.39 is 0 Å². The molecule has 5 nitrogen and oxygen atoms in total. The van der Waals surface area contributed by atoms with Gasteiger partial charge in [-0.25, -0.2) is 0 Å². The van der Waals surface area contributed by atoms with E-state index in [1.807, 2.05) is 4.90 Å². The van der Waals surface area contributed by atoms with Crippen LogP contribution < -0.4 is 5.32 Å². The molecule has 2 fully saturated rings. The molecular weight excluding hydrogens is 288 g/mol. The zero-order chi connectivity index (χ0) is 15.8. The first-order valence-electron chi connectivity index (χ1n) is 8.09. The van der Waals surface area contributed by atoms with Gasteiger partial charge in [-0.3, -0.25) is 4.79 Å². The maximum Gasteiger partial charge on any atom is 0.256 e. The molecule has 0 radical (unpaired) electrons. The summed E-state index contributed by atoms with van der Waals surface area (Å²) in [7, 11) is 0. The molecule has 0 unspecified atom stereocenters. The van der Waals surface area contributed by atoms with Gasteiger partial charge in [0.2, 0.25) is 0 Å². The van der Waals surface area contributed by atoms with Crippen LogP contribution in [0, 0.1) is 18.8 Å². The second-order valence-corrected chi connectivity index (χ2v) is 6.47. The summed E-state index contributed by atoms with van der Waals surface area (Å²) in [6.07, 6.45) is 3.14. The van der Waals surface area contributed by atoms with Crippen molar-refractivity contribution >= 4 is 5.91 Å². The van der Waals surface area contributed by atoms with Crippen molar-refractivity contribution in [1.29, 1.82) is 0 Å². The predicted octanol–water partition coefficient (Wildman–Crippen LogP) is 1.82. The Kier molecular flexibility index (Phi) is 3.58. The van der Waals surface area contributed by atoms with Crippen molar-refractivity contribution in [2.45, 2.75) is 13.0 Å². The van der Waals surface area contributed by atoms with E-state index in [0.717, 1.165) is 19.6 Å². The highest BCUT2D eigenvalue weighted by molar-refractivity contribution is 5.94. The van der Waals surface area contributed by atoms with Crippen molar-refractivity contribution < 1.29 is 4.79 Å². The van der Waals surface area contributed by atoms with Crippen LogP contribution in [0.1, 0.15) is 27.5 Å². The highest BCUT2D eigenvalue weighted by Gasteiger charge is 2.47. The number of aromatic nitrogens is 2. The Morgan fingerprint density at radius 2 is 2.09 bits per heavy atom. The number of rotatable bonds is 2. The lowest BCUT2D eigenvalue weighted by Gasteiger charge is -2.29. The van der Waals surface area contributed by atoms with Crippen molar-refractivity contribution in [3.8, 4) is 0 Å². The third kappa shape index (κ3) is 2.41. The van der Waals surface area contributed by atoms with Gasteiger partial charge >= 0.3 is 0 Å². The first-order valence-corrected chi connectivity index (χ1v) is 8.09. The second-order valence-electron chi connectivity index (χ2n) is 6.47. The maximum absolute atomic E-state index is 13.0. The maximum atomic E-state index is 13.0. The number of carbonyl (C=O) groups excluding carboxylic acids is 1. The van der Waals surface area contributed by atoms with Crippen molar-refractivity contribution in [2.24, 2.45) is 11.8 Å². The second kappa shape index (κ2) is 5.74. The average Bonchev–Trinajstić information content (AvgIpc) is 3.17. The van der Waals surface area contributed by atoms with Gasteiger partial charge in [-0.2, -0.15) is 10.2 Å². The van der Waals surface area contributed by atoms with Gasteiger partial charge in [0.1, 0.15) is 0 Å². The van der Waals surface area contributed by atoms with Crippen LogP contribution in [0.4, 0.5) is 0 Å². The minimum atomic E-state index is 0.0579. The van der Waals surface area contributed by atoms with E-state index in [2.05, 4.69) is 46.7 Å². The smallest absolute Gasteiger partial charge is 0.256 e. The molecular formula is C18H20N4O. The third-order valence-electron chi connectivity index (χ3n) is 5.16. The standard InChI is InChI=1S/C18H20N4O/c1-12-4-2-3-5-15(12)17-16-10-19-8-14(16)11-22(17)18(23)13-6-7-20-21-9-13/h2-7,9,14,16-17,19H,8,10-11H2,1H3/t14-,16-,17+/m0/s1. The summed E-state index contributed by atoms with van der Waals surface area (Å²) in [5.74, 6) is 1.07. The largest absolute Gasteiger partial charge is 0.331 e. The molecule has 3 atom stereocenters. The summed E-state index contributed by atoms with van der Waals surface area (Å²) in [6, 6.07) is 10.3. The van der Waals surface area contributed by atoms with Gasteiger partial charge in [0.15, 0.2) is 0 Å². The number of amides is 1. The summed E-state index contributed by atoms with van der Waals surface area (Å²) in [5, 5.41) is 11.1. The van der Waals surface area contributed by atoms with Crippen molar-refractivity contribution in [3.63, 3.8) is 0 Å². The average molecular weight is 308 g/mol. The Labute approximate surface area is 135 Å². The fraction of sp³-hybridized carbons (Fsp3) is 0.389. The fourth-order valence-electron chi connectivity index (χ4n) is 4.03. The number of aryl methyl sites for hydroxylation is 1. The van der Waals surface area contributed by atoms with Crippen LogP contribution in [0.2, 0.25) is 0 Å². The van der Waals surface area contributed by atoms with Gasteiger partial charge in [-0.15, -0.1) is 0 Å². The lowest BCUT2D eigenvalue weighted by molar-refractivity contribution is 0.0713. The molecule has 23 heavy (non-hydrogen) atoms. The summed E-state index contributed by atoms with van der Waals surface area (Å²) >= 11 is 0. The molecule has 0 spiro atoms. The fourth-order valence-corrected chi connectivity index (χ4v) is 4.03. The number of likely N-dealkylation sites (tertiary alicyclic amines) is 1. The highest BCUT2D eigenvalue weighted by Crippen LogP contribution is 2.44. The Morgan fingerprint density at radius 1 is 1.22 bits per heavy atom. The Bertz CT molecular complexity index is 718. The predicted molar refractivity (Wildman–Crippen MR) is 86.8 cm³/mol. The van der Waals surface area contributed by atoms with E-state index in [-0.39, 0.29) is 11.9 Å². The Balaban J connectivity index is 1.73. The van der Waals surface area contributed by atoms with Crippen LogP contribution in [-0.4, -0.2) is 40.6 Å². The van der Waals surface area contributed by atoms with Gasteiger partial charge in [-0.05, 0) is 30.0 Å². The topological polar surface area (TPSA) is 58.1 Å². The first-order chi connectivity index (χ1) is 11.3. The number of hydrogen-bond acceptors (Lipinski definition) is 4. The molecule has 2 aliphatic heterocycles. The van der Waals surface area contributed by atoms with Crippen LogP contribution in [0.25, 0.3) is 0 Å². The molecule has 2 aromatic rings. The Morgan fingerprint density at radius 3 is 2.87 bits per heavy atom. The summed E-state index contributed by atoms with van der Waals surface area (Å²) in [5.41, 5.74) is 3.13. The van der Waals surface area contributed by atoms with Crippen molar-refractivity contribution in [2.75, 3.05) is 19.6 Å². The molecule has 2 aliphatic rings. The highest BCUT2D eigenvalue weighted by atomic mass is 16.2. The molecule has 1 N–H and O–H groups in total. The van der Waals surface area contributed by atoms with E-state index >= 15 is 0 Å². The number of hydrogen-bond donors (Lipinski definition) is 1. The van der Waals surface area contributed by atoms with Crippen LogP contribution >= 0.6 is 0 Å². The number of carbonyl (C=O) groups is 1. The molecule has 0 bridgehead atoms. The molecule has 0 saturated carbocycles. The van der Waals surface area contributed by atoms with Crippen LogP contribution in [0.3, 0.4) is 0 Å². The van der Waals surface area contributed by atoms with E-state index in [1.54, 1.807) is 18.5 Å². The third-order valence-corrected chi connectivity index (χ3v) is 5.16. The Hall–Kier alpha value is -2.27. The quantitative estimate of drug-likeness (QED) is 0.919. The monoisotopic (exact) mass is 308 g/mol. The normalized spacial score (nSPS) is 26.3. The molecule has 4 rings (SSSR count). The summed E-state index contributed by atoms with van der Waals surface area (Å²) < 4.78 is 0. The molecule has 2 saturated heterocycles. The van der Waals surface area contributed by atoms with Crippen molar-refractivity contribution in [1.82, 2.24) is 20.4 Å². The van der Waals surface area contributed by atoms with E-state index in [4.69, 9.17) is 0 Å². The molecule has 1 aromatic heterocycles. The minimum absolute atomic E-state index is 0.0579. The summed E-state index contributed by atoms with van der Waals surface area (Å²) in [4.78, 5) is 15.0. The number of fused-ring (bicyclic) bond motifs is 1. The van der Waals surface area contributed by atoms with Crippen LogP contribution in [-0.2, 0) is 0 Å². The molecule has 1 aromatic carbocycles. The molecule has 1 amide bonds. The molecule has 5 heteroatoms. The molecule has 3 heterocycles.